The molecule has 1 aliphatic heterocycles. The van der Waals surface area contributed by atoms with Crippen LogP contribution in [0.4, 0.5) is 0 Å². The molecule has 2 aromatic heterocycles. The second-order valence-electron chi connectivity index (χ2n) is 10.0. The second kappa shape index (κ2) is 10.8. The van der Waals surface area contributed by atoms with Crippen molar-refractivity contribution < 1.29 is 4.74 Å². The first kappa shape index (κ1) is 25.0. The van der Waals surface area contributed by atoms with Gasteiger partial charge < -0.3 is 14.2 Å². The van der Waals surface area contributed by atoms with E-state index >= 15 is 0 Å². The van der Waals surface area contributed by atoms with Gasteiger partial charge >= 0.3 is 5.69 Å². The molecule has 1 saturated heterocycles. The molecule has 1 atom stereocenters. The maximum absolute atomic E-state index is 12.7. The molecule has 0 radical (unpaired) electrons. The molecule has 1 aliphatic rings. The first-order valence-corrected chi connectivity index (χ1v) is 13.0. The Bertz CT molecular complexity index is 1460. The summed E-state index contributed by atoms with van der Waals surface area (Å²) in [5, 5.41) is 0. The Kier molecular flexibility index (Phi) is 7.28. The molecule has 0 N–H and O–H groups in total. The maximum Gasteiger partial charge on any atom is 0.332 e. The number of likely N-dealkylation sites (tertiary alicyclic amines) is 1. The number of aryl methyl sites for hydroxylation is 2. The molecule has 2 aromatic carbocycles. The lowest BCUT2D eigenvalue weighted by molar-refractivity contribution is 0.171. The quantitative estimate of drug-likeness (QED) is 0.370. The predicted octanol–water partition coefficient (Wildman–Crippen LogP) is 3.38. The lowest BCUT2D eigenvalue weighted by Gasteiger charge is -2.36. The summed E-state index contributed by atoms with van der Waals surface area (Å²) in [5.74, 6) is 1.83. The number of fused-ring (bicyclic) bond motifs is 1. The number of imidazole rings is 1. The lowest BCUT2D eigenvalue weighted by Crippen LogP contribution is -2.38. The van der Waals surface area contributed by atoms with Crippen molar-refractivity contribution in [3.05, 3.63) is 92.9 Å². The summed E-state index contributed by atoms with van der Waals surface area (Å²) in [6.07, 6.45) is 4.88. The first-order valence-electron chi connectivity index (χ1n) is 13.0. The number of aromatic nitrogens is 4. The highest BCUT2D eigenvalue weighted by molar-refractivity contribution is 5.69. The summed E-state index contributed by atoms with van der Waals surface area (Å²) in [6, 6.07) is 19.4. The largest absolute Gasteiger partial charge is 0.497 e. The van der Waals surface area contributed by atoms with E-state index in [0.29, 0.717) is 29.5 Å². The Labute approximate surface area is 216 Å². The predicted molar refractivity (Wildman–Crippen MR) is 145 cm³/mol. The van der Waals surface area contributed by atoms with Gasteiger partial charge in [0.25, 0.3) is 5.56 Å². The van der Waals surface area contributed by atoms with Crippen molar-refractivity contribution in [2.24, 2.45) is 20.0 Å². The lowest BCUT2D eigenvalue weighted by atomic mass is 9.76. The van der Waals surface area contributed by atoms with Crippen LogP contribution in [0, 0.1) is 5.92 Å². The van der Waals surface area contributed by atoms with Crippen molar-refractivity contribution in [3.63, 3.8) is 0 Å². The second-order valence-corrected chi connectivity index (χ2v) is 10.0. The Morgan fingerprint density at radius 1 is 0.919 bits per heavy atom. The number of ether oxygens (including phenoxy) is 1. The van der Waals surface area contributed by atoms with E-state index in [9.17, 15) is 9.59 Å². The highest BCUT2D eigenvalue weighted by Gasteiger charge is 2.29. The number of benzene rings is 2. The minimum absolute atomic E-state index is 0.290. The molecule has 0 aliphatic carbocycles. The van der Waals surface area contributed by atoms with E-state index in [1.165, 1.54) is 22.7 Å². The van der Waals surface area contributed by atoms with Crippen LogP contribution in [-0.4, -0.2) is 50.3 Å². The van der Waals surface area contributed by atoms with E-state index in [-0.39, 0.29) is 11.2 Å². The van der Waals surface area contributed by atoms with Gasteiger partial charge in [-0.1, -0.05) is 42.5 Å². The third-order valence-electron chi connectivity index (χ3n) is 7.83. The van der Waals surface area contributed by atoms with Crippen LogP contribution in [0.15, 0.2) is 70.5 Å². The van der Waals surface area contributed by atoms with E-state index in [2.05, 4.69) is 64.5 Å². The monoisotopic (exact) mass is 501 g/mol. The molecule has 37 heavy (non-hydrogen) atoms. The van der Waals surface area contributed by atoms with Crippen LogP contribution in [0.1, 0.15) is 36.3 Å². The molecule has 0 amide bonds. The third-order valence-corrected chi connectivity index (χ3v) is 7.83. The normalized spacial score (nSPS) is 15.8. The van der Waals surface area contributed by atoms with Crippen LogP contribution in [0.5, 0.6) is 5.75 Å². The molecule has 0 saturated carbocycles. The van der Waals surface area contributed by atoms with Crippen LogP contribution in [0.25, 0.3) is 11.2 Å². The van der Waals surface area contributed by atoms with Crippen molar-refractivity contribution in [1.29, 1.82) is 0 Å². The number of hydrogen-bond acceptors (Lipinski definition) is 5. The standard InChI is InChI=1S/C29H35N5O3/c1-31-27-26(28(35)32(2)29(31)36)34(20-30-27)17-7-16-33-18-14-23(15-19-33)25(21-8-5-4-6-9-21)22-10-12-24(37-3)13-11-22/h4-6,8-13,20,23,25H,7,14-19H2,1-3H3. The molecule has 8 nitrogen and oxygen atoms in total. The molecule has 4 aromatic rings. The number of rotatable bonds is 8. The molecule has 0 bridgehead atoms. The van der Waals surface area contributed by atoms with Gasteiger partial charge in [-0.05, 0) is 68.1 Å². The van der Waals surface area contributed by atoms with Gasteiger partial charge in [0, 0.05) is 26.6 Å². The van der Waals surface area contributed by atoms with Gasteiger partial charge in [0.15, 0.2) is 11.2 Å². The molecule has 5 rings (SSSR count). The number of piperidine rings is 1. The fraction of sp³-hybridized carbons (Fsp3) is 0.414. The molecule has 8 heteroatoms. The summed E-state index contributed by atoms with van der Waals surface area (Å²) >= 11 is 0. The average Bonchev–Trinajstić information content (AvgIpc) is 3.37. The van der Waals surface area contributed by atoms with Crippen molar-refractivity contribution in [1.82, 2.24) is 23.6 Å². The molecule has 1 fully saturated rings. The minimum atomic E-state index is -0.353. The van der Waals surface area contributed by atoms with Crippen LogP contribution >= 0.6 is 0 Å². The zero-order valence-corrected chi connectivity index (χ0v) is 21.8. The molecular weight excluding hydrogens is 466 g/mol. The van der Waals surface area contributed by atoms with Gasteiger partial charge in [0.1, 0.15) is 5.75 Å². The van der Waals surface area contributed by atoms with Gasteiger partial charge in [-0.25, -0.2) is 9.78 Å². The van der Waals surface area contributed by atoms with E-state index in [4.69, 9.17) is 4.74 Å². The summed E-state index contributed by atoms with van der Waals surface area (Å²) in [5.41, 5.74) is 3.01. The van der Waals surface area contributed by atoms with Crippen molar-refractivity contribution in [3.8, 4) is 5.75 Å². The Balaban J connectivity index is 1.23. The van der Waals surface area contributed by atoms with Crippen molar-refractivity contribution in [2.45, 2.75) is 31.7 Å². The fourth-order valence-corrected chi connectivity index (χ4v) is 5.75. The van der Waals surface area contributed by atoms with Crippen LogP contribution in [-0.2, 0) is 20.6 Å². The van der Waals surface area contributed by atoms with E-state index < -0.39 is 0 Å². The summed E-state index contributed by atoms with van der Waals surface area (Å²) in [4.78, 5) is 31.7. The van der Waals surface area contributed by atoms with Gasteiger partial charge in [-0.15, -0.1) is 0 Å². The van der Waals surface area contributed by atoms with Gasteiger partial charge in [-0.3, -0.25) is 13.9 Å². The molecule has 1 unspecified atom stereocenters. The minimum Gasteiger partial charge on any atom is -0.497 e. The first-order chi connectivity index (χ1) is 18.0. The molecular formula is C29H35N5O3. The molecule has 3 heterocycles. The topological polar surface area (TPSA) is 74.3 Å². The van der Waals surface area contributed by atoms with Gasteiger partial charge in [0.2, 0.25) is 0 Å². The van der Waals surface area contributed by atoms with Crippen molar-refractivity contribution >= 4 is 11.2 Å². The molecule has 0 spiro atoms. The number of nitrogens with zero attached hydrogens (tertiary/aromatic N) is 5. The van der Waals surface area contributed by atoms with Gasteiger partial charge in [0.05, 0.1) is 13.4 Å². The van der Waals surface area contributed by atoms with Crippen LogP contribution in [0.2, 0.25) is 0 Å². The number of hydrogen-bond donors (Lipinski definition) is 0. The Morgan fingerprint density at radius 3 is 2.27 bits per heavy atom. The van der Waals surface area contributed by atoms with E-state index in [1.807, 2.05) is 4.57 Å². The summed E-state index contributed by atoms with van der Waals surface area (Å²) in [7, 11) is 4.87. The smallest absolute Gasteiger partial charge is 0.332 e. The highest BCUT2D eigenvalue weighted by atomic mass is 16.5. The zero-order valence-electron chi connectivity index (χ0n) is 21.8. The Hall–Kier alpha value is -3.65. The van der Waals surface area contributed by atoms with Crippen molar-refractivity contribution in [2.75, 3.05) is 26.7 Å². The fourth-order valence-electron chi connectivity index (χ4n) is 5.75. The van der Waals surface area contributed by atoms with Gasteiger partial charge in [-0.2, -0.15) is 0 Å². The number of methoxy groups -OCH3 is 1. The van der Waals surface area contributed by atoms with E-state index in [1.54, 1.807) is 20.5 Å². The third kappa shape index (κ3) is 4.98. The summed E-state index contributed by atoms with van der Waals surface area (Å²) < 4.78 is 9.85. The summed E-state index contributed by atoms with van der Waals surface area (Å²) in [6.45, 7) is 3.79. The highest BCUT2D eigenvalue weighted by Crippen LogP contribution is 2.38. The SMILES string of the molecule is COc1ccc(C(c2ccccc2)C2CCN(CCCn3cnc4c3c(=O)n(C)c(=O)n4C)CC2)cc1. The zero-order chi connectivity index (χ0) is 25.9. The Morgan fingerprint density at radius 2 is 1.59 bits per heavy atom. The van der Waals surface area contributed by atoms with Crippen LogP contribution < -0.4 is 16.0 Å². The maximum atomic E-state index is 12.7. The van der Waals surface area contributed by atoms with Crippen LogP contribution in [0.3, 0.4) is 0 Å². The van der Waals surface area contributed by atoms with E-state index in [0.717, 1.165) is 49.2 Å². The molecule has 194 valence electrons. The average molecular weight is 502 g/mol.